The molecule has 4 aliphatic carbocycles. The molecule has 0 bridgehead atoms. The molecule has 6 nitrogen and oxygen atoms in total. The third-order valence-corrected chi connectivity index (χ3v) is 8.64. The van der Waals surface area contributed by atoms with E-state index in [1.807, 2.05) is 13.0 Å². The van der Waals surface area contributed by atoms with Crippen molar-refractivity contribution >= 4 is 17.5 Å². The van der Waals surface area contributed by atoms with Crippen LogP contribution < -0.4 is 0 Å². The van der Waals surface area contributed by atoms with Gasteiger partial charge in [-0.3, -0.25) is 14.4 Å². The maximum Gasteiger partial charge on any atom is 0.309 e. The van der Waals surface area contributed by atoms with E-state index in [0.29, 0.717) is 12.8 Å². The van der Waals surface area contributed by atoms with E-state index in [2.05, 4.69) is 6.92 Å². The Morgan fingerprint density at radius 2 is 2.03 bits per heavy atom. The summed E-state index contributed by atoms with van der Waals surface area (Å²) in [6, 6.07) is 0. The number of carbonyl (C=O) groups is 3. The highest BCUT2D eigenvalue weighted by molar-refractivity contribution is 6.01. The van der Waals surface area contributed by atoms with Crippen molar-refractivity contribution < 1.29 is 29.3 Å². The van der Waals surface area contributed by atoms with Crippen LogP contribution in [0.5, 0.6) is 0 Å². The molecule has 6 heteroatoms. The number of carbonyl (C=O) groups excluding carboxylic acids is 3. The number of Topliss-reactive ketones (excluding diaryl/α,β-unsaturated/α-hetero) is 1. The van der Waals surface area contributed by atoms with Gasteiger partial charge >= 0.3 is 5.97 Å². The maximum atomic E-state index is 12.8. The van der Waals surface area contributed by atoms with Gasteiger partial charge in [0.25, 0.3) is 0 Å². The zero-order chi connectivity index (χ0) is 21.8. The second kappa shape index (κ2) is 7.41. The van der Waals surface area contributed by atoms with Crippen LogP contribution in [-0.4, -0.2) is 47.1 Å². The summed E-state index contributed by atoms with van der Waals surface area (Å²) < 4.78 is 5.29. The molecule has 0 spiro atoms. The number of allylic oxidation sites excluding steroid dienone is 4. The summed E-state index contributed by atoms with van der Waals surface area (Å²) in [5, 5.41) is 21.0. The van der Waals surface area contributed by atoms with E-state index in [0.717, 1.165) is 18.4 Å². The summed E-state index contributed by atoms with van der Waals surface area (Å²) in [5.74, 6) is -1.81. The number of hydrogen-bond donors (Lipinski definition) is 2. The summed E-state index contributed by atoms with van der Waals surface area (Å²) in [4.78, 5) is 37.5. The van der Waals surface area contributed by atoms with Gasteiger partial charge in [0.2, 0.25) is 0 Å². The molecule has 0 amide bonds. The molecule has 4 unspecified atom stereocenters. The molecular formula is C24H32O6. The molecule has 0 aliphatic heterocycles. The number of aliphatic hydroxyl groups excluding tert-OH is 2. The van der Waals surface area contributed by atoms with Gasteiger partial charge in [-0.1, -0.05) is 25.5 Å². The fraction of sp³-hybridized carbons (Fsp3) is 0.708. The molecule has 0 heterocycles. The van der Waals surface area contributed by atoms with Crippen molar-refractivity contribution in [2.45, 2.75) is 52.6 Å². The summed E-state index contributed by atoms with van der Waals surface area (Å²) in [6.45, 7) is 5.48. The standard InChI is InChI=1S/C24H32O6/c1-4-30-22(29)16-10-17-15-6-5-13-9-14(26)7-8-23(13,2)20(15)18(27)11-24(17,3)21(16)19(28)12-25/h7-9,15-18,20-21,25,27H,4-6,10-12H2,1-3H3/t15?,16-,17?,18?,20?,21-,23+,24+/m1/s1. The van der Waals surface area contributed by atoms with Crippen LogP contribution in [0, 0.1) is 40.4 Å². The molecule has 0 radical (unpaired) electrons. The average molecular weight is 417 g/mol. The van der Waals surface area contributed by atoms with Gasteiger partial charge in [-0.15, -0.1) is 0 Å². The molecule has 0 aromatic rings. The van der Waals surface area contributed by atoms with Gasteiger partial charge in [0.05, 0.1) is 18.6 Å². The van der Waals surface area contributed by atoms with Crippen LogP contribution in [0.3, 0.4) is 0 Å². The SMILES string of the molecule is CCOC(=O)[C@@H]1CC2C3CCC4=CC(=O)C=C[C@]4(C)C3C(O)C[C@]2(C)[C@H]1C(=O)CO. The van der Waals surface area contributed by atoms with E-state index in [1.165, 1.54) is 0 Å². The Bertz CT molecular complexity index is 828. The second-order valence-corrected chi connectivity index (χ2v) is 10.00. The Kier molecular flexibility index (Phi) is 5.30. The number of rotatable bonds is 4. The van der Waals surface area contributed by atoms with Crippen LogP contribution >= 0.6 is 0 Å². The number of hydrogen-bond acceptors (Lipinski definition) is 6. The van der Waals surface area contributed by atoms with E-state index in [9.17, 15) is 24.6 Å². The fourth-order valence-corrected chi connectivity index (χ4v) is 7.55. The van der Waals surface area contributed by atoms with Crippen LogP contribution in [0.2, 0.25) is 0 Å². The fourth-order valence-electron chi connectivity index (χ4n) is 7.55. The van der Waals surface area contributed by atoms with Crippen molar-refractivity contribution in [2.24, 2.45) is 40.4 Å². The van der Waals surface area contributed by atoms with Crippen molar-refractivity contribution in [3.05, 3.63) is 23.8 Å². The number of aliphatic hydroxyl groups is 2. The highest BCUT2D eigenvalue weighted by Gasteiger charge is 2.66. The molecule has 0 aromatic heterocycles. The predicted octanol–water partition coefficient (Wildman–Crippen LogP) is 2.23. The van der Waals surface area contributed by atoms with Gasteiger partial charge in [-0.25, -0.2) is 0 Å². The van der Waals surface area contributed by atoms with Crippen LogP contribution in [0.15, 0.2) is 23.8 Å². The van der Waals surface area contributed by atoms with E-state index in [1.54, 1.807) is 19.1 Å². The van der Waals surface area contributed by atoms with Crippen molar-refractivity contribution in [3.8, 4) is 0 Å². The number of fused-ring (bicyclic) bond motifs is 5. The Labute approximate surface area is 177 Å². The highest BCUT2D eigenvalue weighted by Crippen LogP contribution is 2.67. The van der Waals surface area contributed by atoms with E-state index in [4.69, 9.17) is 4.74 Å². The normalized spacial score (nSPS) is 44.6. The number of ketones is 2. The first kappa shape index (κ1) is 21.4. The first-order valence-electron chi connectivity index (χ1n) is 11.1. The van der Waals surface area contributed by atoms with Crippen molar-refractivity contribution in [1.29, 1.82) is 0 Å². The number of ether oxygens (including phenoxy) is 1. The van der Waals surface area contributed by atoms with Gasteiger partial charge in [0.1, 0.15) is 6.61 Å². The first-order chi connectivity index (χ1) is 14.2. The summed E-state index contributed by atoms with van der Waals surface area (Å²) >= 11 is 0. The molecule has 3 saturated carbocycles. The monoisotopic (exact) mass is 416 g/mol. The highest BCUT2D eigenvalue weighted by atomic mass is 16.5. The minimum atomic E-state index is -0.655. The lowest BCUT2D eigenvalue weighted by Gasteiger charge is -2.58. The van der Waals surface area contributed by atoms with E-state index >= 15 is 0 Å². The van der Waals surface area contributed by atoms with Crippen LogP contribution in [0.4, 0.5) is 0 Å². The largest absolute Gasteiger partial charge is 0.466 e. The average Bonchev–Trinajstić information content (AvgIpc) is 3.00. The molecule has 2 N–H and O–H groups in total. The Hall–Kier alpha value is -1.79. The van der Waals surface area contributed by atoms with Crippen molar-refractivity contribution in [1.82, 2.24) is 0 Å². The van der Waals surface area contributed by atoms with Gasteiger partial charge in [-0.05, 0) is 62.0 Å². The van der Waals surface area contributed by atoms with Gasteiger partial charge < -0.3 is 14.9 Å². The van der Waals surface area contributed by atoms with Gasteiger partial charge in [0.15, 0.2) is 11.6 Å². The third kappa shape index (κ3) is 2.94. The lowest BCUT2D eigenvalue weighted by molar-refractivity contribution is -0.155. The molecule has 3 fully saturated rings. The smallest absolute Gasteiger partial charge is 0.309 e. The minimum Gasteiger partial charge on any atom is -0.466 e. The predicted molar refractivity (Wildman–Crippen MR) is 109 cm³/mol. The summed E-state index contributed by atoms with van der Waals surface area (Å²) in [6.07, 6.45) is 7.13. The van der Waals surface area contributed by atoms with Crippen LogP contribution in [0.25, 0.3) is 0 Å². The Morgan fingerprint density at radius 1 is 1.30 bits per heavy atom. The first-order valence-corrected chi connectivity index (χ1v) is 11.1. The molecule has 4 aliphatic rings. The maximum absolute atomic E-state index is 12.8. The van der Waals surface area contributed by atoms with E-state index < -0.39 is 35.4 Å². The summed E-state index contributed by atoms with van der Waals surface area (Å²) in [5.41, 5.74) is 0.112. The Balaban J connectivity index is 1.74. The quantitative estimate of drug-likeness (QED) is 0.682. The number of esters is 1. The van der Waals surface area contributed by atoms with Gasteiger partial charge in [0, 0.05) is 17.3 Å². The molecule has 4 rings (SSSR count). The lowest BCUT2D eigenvalue weighted by atomic mass is 9.46. The van der Waals surface area contributed by atoms with Gasteiger partial charge in [-0.2, -0.15) is 0 Å². The third-order valence-electron chi connectivity index (χ3n) is 8.64. The molecule has 164 valence electrons. The topological polar surface area (TPSA) is 101 Å². The van der Waals surface area contributed by atoms with Crippen LogP contribution in [-0.2, 0) is 19.1 Å². The zero-order valence-corrected chi connectivity index (χ0v) is 18.0. The molecule has 8 atom stereocenters. The zero-order valence-electron chi connectivity index (χ0n) is 18.0. The van der Waals surface area contributed by atoms with Crippen molar-refractivity contribution in [3.63, 3.8) is 0 Å². The minimum absolute atomic E-state index is 0.00656. The molecule has 0 aromatic carbocycles. The Morgan fingerprint density at radius 3 is 2.70 bits per heavy atom. The summed E-state index contributed by atoms with van der Waals surface area (Å²) in [7, 11) is 0. The van der Waals surface area contributed by atoms with E-state index in [-0.39, 0.29) is 41.9 Å². The lowest BCUT2D eigenvalue weighted by Crippen LogP contribution is -2.56. The van der Waals surface area contributed by atoms with Crippen molar-refractivity contribution in [2.75, 3.05) is 13.2 Å². The molecule has 30 heavy (non-hydrogen) atoms. The second-order valence-electron chi connectivity index (χ2n) is 10.00. The van der Waals surface area contributed by atoms with Crippen LogP contribution in [0.1, 0.15) is 46.5 Å². The molecular weight excluding hydrogens is 384 g/mol. The molecule has 0 saturated heterocycles.